The van der Waals surface area contributed by atoms with Crippen LogP contribution in [0.15, 0.2) is 36.4 Å². The van der Waals surface area contributed by atoms with E-state index in [2.05, 4.69) is 51.3 Å². The summed E-state index contributed by atoms with van der Waals surface area (Å²) in [6.45, 7) is 20.4. The first-order valence-corrected chi connectivity index (χ1v) is 19.8. The maximum Gasteiger partial charge on any atom is 2.00 e. The number of rotatable bonds is 30. The third-order valence-corrected chi connectivity index (χ3v) is 8.54. The second-order valence-electron chi connectivity index (χ2n) is 13.6. The molecule has 0 saturated carbocycles. The van der Waals surface area contributed by atoms with E-state index in [0.29, 0.717) is 62.6 Å². The van der Waals surface area contributed by atoms with Gasteiger partial charge in [-0.15, -0.1) is 0 Å². The molecule has 302 valence electrons. The van der Waals surface area contributed by atoms with Crippen LogP contribution in [-0.2, 0) is 56.7 Å². The first-order chi connectivity index (χ1) is 25.2. The van der Waals surface area contributed by atoms with Crippen molar-refractivity contribution in [3.8, 4) is 23.0 Å². The second-order valence-corrected chi connectivity index (χ2v) is 13.6. The van der Waals surface area contributed by atoms with Crippen LogP contribution >= 0.6 is 0 Å². The average Bonchev–Trinajstić information content (AvgIpc) is 3.16. The van der Waals surface area contributed by atoms with Gasteiger partial charge in [0.1, 0.15) is 11.2 Å². The van der Waals surface area contributed by atoms with Crippen LogP contribution in [0.2, 0.25) is 0 Å². The molecule has 0 bridgehead atoms. The molecule has 2 aromatic rings. The van der Waals surface area contributed by atoms with Crippen LogP contribution in [0, 0.1) is 0 Å². The van der Waals surface area contributed by atoms with Crippen molar-refractivity contribution in [2.45, 2.75) is 144 Å². The summed E-state index contributed by atoms with van der Waals surface area (Å²) in [4.78, 5) is 9.10. The molecule has 0 amide bonds. The van der Waals surface area contributed by atoms with Crippen molar-refractivity contribution >= 4 is 0 Å². The van der Waals surface area contributed by atoms with Gasteiger partial charge in [-0.3, -0.25) is 0 Å². The molecule has 0 spiro atoms. The number of benzene rings is 2. The van der Waals surface area contributed by atoms with Crippen molar-refractivity contribution in [1.82, 2.24) is 0 Å². The van der Waals surface area contributed by atoms with Crippen molar-refractivity contribution in [2.75, 3.05) is 52.9 Å². The minimum atomic E-state index is -1.06. The summed E-state index contributed by atoms with van der Waals surface area (Å²) in [5.74, 6) is 2.73. The van der Waals surface area contributed by atoms with Gasteiger partial charge in [-0.05, 0) is 87.8 Å². The minimum absolute atomic E-state index is 0. The van der Waals surface area contributed by atoms with E-state index in [0.717, 1.165) is 88.2 Å². The van der Waals surface area contributed by atoms with Crippen LogP contribution in [0.3, 0.4) is 0 Å². The van der Waals surface area contributed by atoms with E-state index < -0.39 is 11.2 Å². The van der Waals surface area contributed by atoms with E-state index in [4.69, 9.17) is 28.4 Å². The molecule has 2 atom stereocenters. The standard InChI is InChI=1S/2C21H36O5.Zr/c2*1-5-8-13-23-17-21(4,26-22)18-11-12-19(24-14-9-6-2)20(16-18)25-15-10-7-3;/h2*11-12,16,22H,5-10,13-15,17H2,1-4H3;/q;;+2/p-2. The largest absolute Gasteiger partial charge is 2.00 e. The molecular formula is C42H70O10Zr. The van der Waals surface area contributed by atoms with Crippen molar-refractivity contribution < 1.29 is 74.9 Å². The summed E-state index contributed by atoms with van der Waals surface area (Å²) in [6, 6.07) is 11.1. The molecule has 0 radical (unpaired) electrons. The smallest absolute Gasteiger partial charge is 0.723 e. The van der Waals surface area contributed by atoms with Gasteiger partial charge in [0, 0.05) is 13.2 Å². The quantitative estimate of drug-likeness (QED) is 0.0430. The van der Waals surface area contributed by atoms with Crippen molar-refractivity contribution in [3.05, 3.63) is 47.5 Å². The zero-order valence-corrected chi connectivity index (χ0v) is 36.6. The Morgan fingerprint density at radius 3 is 1.00 bits per heavy atom. The Hall–Kier alpha value is -1.72. The van der Waals surface area contributed by atoms with Gasteiger partial charge in [-0.25, -0.2) is 0 Å². The molecule has 0 aliphatic carbocycles. The van der Waals surface area contributed by atoms with Crippen LogP contribution in [-0.4, -0.2) is 52.9 Å². The molecule has 0 saturated heterocycles. The molecule has 10 nitrogen and oxygen atoms in total. The number of ether oxygens (including phenoxy) is 6. The Balaban J connectivity index is 0.00000100. The first kappa shape index (κ1) is 51.3. The molecular weight excluding hydrogens is 756 g/mol. The van der Waals surface area contributed by atoms with E-state index in [1.165, 1.54) is 0 Å². The minimum Gasteiger partial charge on any atom is -0.723 e. The van der Waals surface area contributed by atoms with Crippen LogP contribution in [0.4, 0.5) is 0 Å². The fraction of sp³-hybridized carbons (Fsp3) is 0.714. The fourth-order valence-corrected chi connectivity index (χ4v) is 4.78. The number of unbranched alkanes of at least 4 members (excludes halogenated alkanes) is 6. The summed E-state index contributed by atoms with van der Waals surface area (Å²) in [6.07, 6.45) is 12.2. The normalized spacial score (nSPS) is 13.2. The first-order valence-electron chi connectivity index (χ1n) is 19.8. The van der Waals surface area contributed by atoms with Gasteiger partial charge in [0.25, 0.3) is 0 Å². The van der Waals surface area contributed by atoms with Gasteiger partial charge in [0.05, 0.1) is 39.6 Å². The summed E-state index contributed by atoms with van der Waals surface area (Å²) in [5, 5.41) is 22.9. The zero-order valence-electron chi connectivity index (χ0n) is 34.2. The Bertz CT molecular complexity index is 1080. The van der Waals surface area contributed by atoms with Crippen molar-refractivity contribution in [1.29, 1.82) is 0 Å². The Morgan fingerprint density at radius 1 is 0.434 bits per heavy atom. The summed E-state index contributed by atoms with van der Waals surface area (Å²) in [7, 11) is 0. The number of hydrogen-bond acceptors (Lipinski definition) is 10. The molecule has 53 heavy (non-hydrogen) atoms. The Morgan fingerprint density at radius 2 is 0.717 bits per heavy atom. The molecule has 0 aliphatic rings. The van der Waals surface area contributed by atoms with E-state index in [1.807, 2.05) is 36.4 Å². The van der Waals surface area contributed by atoms with E-state index in [-0.39, 0.29) is 39.4 Å². The van der Waals surface area contributed by atoms with Crippen molar-refractivity contribution in [3.63, 3.8) is 0 Å². The maximum atomic E-state index is 11.4. The van der Waals surface area contributed by atoms with Crippen LogP contribution in [0.1, 0.15) is 144 Å². The van der Waals surface area contributed by atoms with Gasteiger partial charge in [0.2, 0.25) is 0 Å². The van der Waals surface area contributed by atoms with E-state index in [9.17, 15) is 10.5 Å². The molecule has 0 fully saturated rings. The van der Waals surface area contributed by atoms with Crippen LogP contribution in [0.5, 0.6) is 23.0 Å². The summed E-state index contributed by atoms with van der Waals surface area (Å²) in [5.41, 5.74) is -0.645. The van der Waals surface area contributed by atoms with Crippen LogP contribution in [0.25, 0.3) is 0 Å². The zero-order chi connectivity index (χ0) is 38.5. The van der Waals surface area contributed by atoms with Gasteiger partial charge >= 0.3 is 26.2 Å². The second kappa shape index (κ2) is 31.5. The van der Waals surface area contributed by atoms with Crippen molar-refractivity contribution in [2.24, 2.45) is 0 Å². The Labute approximate surface area is 340 Å². The van der Waals surface area contributed by atoms with Gasteiger partial charge in [0.15, 0.2) is 23.0 Å². The molecule has 2 rings (SSSR count). The molecule has 0 N–H and O–H groups in total. The summed E-state index contributed by atoms with van der Waals surface area (Å²) < 4.78 is 34.8. The van der Waals surface area contributed by atoms with Gasteiger partial charge in [-0.1, -0.05) is 92.2 Å². The fourth-order valence-electron chi connectivity index (χ4n) is 4.78. The van der Waals surface area contributed by atoms with Gasteiger partial charge in [-0.2, -0.15) is 0 Å². The molecule has 0 aliphatic heterocycles. The SMILES string of the molecule is CCCCOCC(C)(O[O-])c1ccc(OCCCC)c(OCCCC)c1.CCCCOCC(C)(O[O-])c1ccc(OCCCC)c(OCCCC)c1.[Zr+2]. The average molecular weight is 826 g/mol. The predicted molar refractivity (Wildman–Crippen MR) is 203 cm³/mol. The monoisotopic (exact) mass is 824 g/mol. The predicted octanol–water partition coefficient (Wildman–Crippen LogP) is 8.73. The maximum absolute atomic E-state index is 11.4. The molecule has 11 heteroatoms. The molecule has 0 aromatic heterocycles. The van der Waals surface area contributed by atoms with Gasteiger partial charge < -0.3 is 48.7 Å². The molecule has 0 heterocycles. The van der Waals surface area contributed by atoms with E-state index in [1.54, 1.807) is 13.8 Å². The van der Waals surface area contributed by atoms with E-state index >= 15 is 0 Å². The molecule has 2 aromatic carbocycles. The third kappa shape index (κ3) is 20.1. The Kier molecular flexibility index (Phi) is 30.5. The topological polar surface area (TPSA) is 120 Å². The summed E-state index contributed by atoms with van der Waals surface area (Å²) >= 11 is 0. The number of hydrogen-bond donors (Lipinski definition) is 0. The molecule has 2 unspecified atom stereocenters. The van der Waals surface area contributed by atoms with Crippen LogP contribution < -0.4 is 29.5 Å². The third-order valence-electron chi connectivity index (χ3n) is 8.54.